The third-order valence-electron chi connectivity index (χ3n) is 3.57. The van der Waals surface area contributed by atoms with Crippen LogP contribution in [0.4, 0.5) is 9.80 Å². The number of likely N-dealkylation sites (tertiary alicyclic amines) is 1. The van der Waals surface area contributed by atoms with Gasteiger partial charge in [-0.15, -0.1) is 0 Å². The van der Waals surface area contributed by atoms with Crippen molar-refractivity contribution in [3.8, 4) is 0 Å². The van der Waals surface area contributed by atoms with Gasteiger partial charge in [-0.1, -0.05) is 0 Å². The monoisotopic (exact) mass is 311 g/mol. The van der Waals surface area contributed by atoms with E-state index in [1.807, 2.05) is 13.8 Å². The van der Waals surface area contributed by atoms with E-state index in [9.17, 15) is 9.59 Å². The Morgan fingerprint density at radius 3 is 2.67 bits per heavy atom. The molecule has 1 aromatic heterocycles. The van der Waals surface area contributed by atoms with Gasteiger partial charge in [-0.2, -0.15) is 4.37 Å². The molecule has 1 saturated heterocycles. The molecule has 6 nitrogen and oxygen atoms in total. The standard InChI is InChI=1S/C14H21N3O3S/c1-4-20-14(19)17-7-5-11(6-8-17)15-13-12(10(3)18)9(2)16-21-13/h11,15H,4-8H2,1-3H3. The van der Waals surface area contributed by atoms with Crippen LogP contribution in [0.2, 0.25) is 0 Å². The Labute approximate surface area is 128 Å². The summed E-state index contributed by atoms with van der Waals surface area (Å²) >= 11 is 1.33. The maximum absolute atomic E-state index is 11.7. The summed E-state index contributed by atoms with van der Waals surface area (Å²) in [6, 6.07) is 0.258. The van der Waals surface area contributed by atoms with Crippen LogP contribution >= 0.6 is 11.5 Å². The molecule has 0 radical (unpaired) electrons. The number of anilines is 1. The van der Waals surface area contributed by atoms with Crippen molar-refractivity contribution >= 4 is 28.4 Å². The Morgan fingerprint density at radius 2 is 2.10 bits per heavy atom. The van der Waals surface area contributed by atoms with E-state index < -0.39 is 0 Å². The third-order valence-corrected chi connectivity index (χ3v) is 4.44. The van der Waals surface area contributed by atoms with Gasteiger partial charge in [0.1, 0.15) is 5.00 Å². The number of nitrogens with one attached hydrogen (secondary N) is 1. The molecule has 2 heterocycles. The van der Waals surface area contributed by atoms with Gasteiger partial charge in [-0.25, -0.2) is 4.79 Å². The Morgan fingerprint density at radius 1 is 1.43 bits per heavy atom. The average molecular weight is 311 g/mol. The molecule has 2 rings (SSSR count). The topological polar surface area (TPSA) is 71.5 Å². The van der Waals surface area contributed by atoms with Crippen molar-refractivity contribution in [2.24, 2.45) is 0 Å². The molecule has 1 fully saturated rings. The number of carbonyl (C=O) groups is 2. The highest BCUT2D eigenvalue weighted by molar-refractivity contribution is 7.10. The van der Waals surface area contributed by atoms with Crippen molar-refractivity contribution in [2.75, 3.05) is 25.0 Å². The van der Waals surface area contributed by atoms with Crippen LogP contribution < -0.4 is 5.32 Å². The lowest BCUT2D eigenvalue weighted by molar-refractivity contribution is 0.0983. The molecule has 7 heteroatoms. The normalized spacial score (nSPS) is 15.9. The molecule has 1 aliphatic heterocycles. The van der Waals surface area contributed by atoms with Crippen LogP contribution in [0.15, 0.2) is 0 Å². The van der Waals surface area contributed by atoms with Crippen molar-refractivity contribution in [2.45, 2.75) is 39.7 Å². The van der Waals surface area contributed by atoms with E-state index in [2.05, 4.69) is 9.69 Å². The lowest BCUT2D eigenvalue weighted by atomic mass is 10.0. The molecule has 1 aromatic rings. The number of amides is 1. The Balaban J connectivity index is 1.92. The second-order valence-electron chi connectivity index (χ2n) is 5.13. The van der Waals surface area contributed by atoms with E-state index in [0.29, 0.717) is 25.3 Å². The first-order valence-corrected chi connectivity index (χ1v) is 7.95. The number of hydrogen-bond donors (Lipinski definition) is 1. The minimum atomic E-state index is -0.242. The van der Waals surface area contributed by atoms with Crippen molar-refractivity contribution in [1.82, 2.24) is 9.27 Å². The molecule has 0 aromatic carbocycles. The minimum Gasteiger partial charge on any atom is -0.450 e. The number of rotatable bonds is 4. The quantitative estimate of drug-likeness (QED) is 0.866. The SMILES string of the molecule is CCOC(=O)N1CCC(Nc2snc(C)c2C(C)=O)CC1. The predicted octanol–water partition coefficient (Wildman–Crippen LogP) is 2.69. The van der Waals surface area contributed by atoms with Gasteiger partial charge in [0, 0.05) is 19.1 Å². The van der Waals surface area contributed by atoms with Crippen LogP contribution in [0, 0.1) is 6.92 Å². The Hall–Kier alpha value is -1.63. The lowest BCUT2D eigenvalue weighted by Crippen LogP contribution is -2.42. The highest BCUT2D eigenvalue weighted by Gasteiger charge is 2.25. The van der Waals surface area contributed by atoms with Crippen LogP contribution in [0.5, 0.6) is 0 Å². The number of carbonyl (C=O) groups excluding carboxylic acids is 2. The summed E-state index contributed by atoms with van der Waals surface area (Å²) < 4.78 is 9.25. The molecule has 0 unspecified atom stereocenters. The van der Waals surface area contributed by atoms with Gasteiger partial charge in [0.05, 0.1) is 17.9 Å². The van der Waals surface area contributed by atoms with Gasteiger partial charge in [-0.05, 0) is 45.1 Å². The highest BCUT2D eigenvalue weighted by Crippen LogP contribution is 2.27. The van der Waals surface area contributed by atoms with Gasteiger partial charge >= 0.3 is 6.09 Å². The predicted molar refractivity (Wildman–Crippen MR) is 82.1 cm³/mol. The number of ketones is 1. The molecule has 1 aliphatic rings. The second-order valence-corrected chi connectivity index (χ2v) is 5.91. The first-order valence-electron chi connectivity index (χ1n) is 7.18. The molecule has 0 atom stereocenters. The molecule has 21 heavy (non-hydrogen) atoms. The summed E-state index contributed by atoms with van der Waals surface area (Å²) in [5.74, 6) is 0.0349. The molecule has 1 amide bonds. The van der Waals surface area contributed by atoms with E-state index in [1.54, 1.807) is 11.8 Å². The fraction of sp³-hybridized carbons (Fsp3) is 0.643. The van der Waals surface area contributed by atoms with E-state index in [1.165, 1.54) is 11.5 Å². The first-order chi connectivity index (χ1) is 10.0. The second kappa shape index (κ2) is 6.89. The summed E-state index contributed by atoms with van der Waals surface area (Å²) in [5, 5.41) is 4.24. The molecule has 1 N–H and O–H groups in total. The number of aryl methyl sites for hydroxylation is 1. The Kier molecular flexibility index (Phi) is 5.17. The Bertz CT molecular complexity index is 522. The summed E-state index contributed by atoms with van der Waals surface area (Å²) in [6.07, 6.45) is 1.44. The largest absolute Gasteiger partial charge is 0.450 e. The average Bonchev–Trinajstić information content (AvgIpc) is 2.81. The summed E-state index contributed by atoms with van der Waals surface area (Å²) in [6.45, 7) is 6.96. The van der Waals surface area contributed by atoms with Crippen LogP contribution in [-0.2, 0) is 4.74 Å². The summed E-state index contributed by atoms with van der Waals surface area (Å²) in [5.41, 5.74) is 1.46. The number of aromatic nitrogens is 1. The van der Waals surface area contributed by atoms with Crippen molar-refractivity contribution in [3.05, 3.63) is 11.3 Å². The van der Waals surface area contributed by atoms with Crippen LogP contribution in [0.3, 0.4) is 0 Å². The van der Waals surface area contributed by atoms with E-state index in [0.717, 1.165) is 23.5 Å². The minimum absolute atomic E-state index is 0.0349. The van der Waals surface area contributed by atoms with Crippen molar-refractivity contribution < 1.29 is 14.3 Å². The fourth-order valence-electron chi connectivity index (χ4n) is 2.49. The summed E-state index contributed by atoms with van der Waals surface area (Å²) in [4.78, 5) is 25.0. The zero-order valence-corrected chi connectivity index (χ0v) is 13.5. The molecule has 116 valence electrons. The van der Waals surface area contributed by atoms with Gasteiger partial charge in [-0.3, -0.25) is 4.79 Å². The molecular formula is C14H21N3O3S. The molecule has 0 saturated carbocycles. The molecule has 0 bridgehead atoms. The van der Waals surface area contributed by atoms with Gasteiger partial charge in [0.15, 0.2) is 5.78 Å². The number of piperidine rings is 1. The smallest absolute Gasteiger partial charge is 0.409 e. The number of ether oxygens (including phenoxy) is 1. The number of nitrogens with zero attached hydrogens (tertiary/aromatic N) is 2. The van der Waals surface area contributed by atoms with Crippen LogP contribution in [0.25, 0.3) is 0 Å². The number of Topliss-reactive ketones (excluding diaryl/α,β-unsaturated/α-hetero) is 1. The molecule has 0 spiro atoms. The third kappa shape index (κ3) is 3.72. The van der Waals surface area contributed by atoms with Crippen LogP contribution in [-0.4, -0.2) is 46.9 Å². The van der Waals surface area contributed by atoms with Crippen molar-refractivity contribution in [3.63, 3.8) is 0 Å². The number of hydrogen-bond acceptors (Lipinski definition) is 6. The maximum atomic E-state index is 11.7. The van der Waals surface area contributed by atoms with E-state index in [-0.39, 0.29) is 17.9 Å². The zero-order chi connectivity index (χ0) is 15.4. The molecule has 0 aliphatic carbocycles. The lowest BCUT2D eigenvalue weighted by Gasteiger charge is -2.31. The summed E-state index contributed by atoms with van der Waals surface area (Å²) in [7, 11) is 0. The van der Waals surface area contributed by atoms with E-state index >= 15 is 0 Å². The molecular weight excluding hydrogens is 290 g/mol. The van der Waals surface area contributed by atoms with Gasteiger partial charge in [0.25, 0.3) is 0 Å². The van der Waals surface area contributed by atoms with Gasteiger partial charge < -0.3 is 15.0 Å². The maximum Gasteiger partial charge on any atom is 0.409 e. The zero-order valence-electron chi connectivity index (χ0n) is 12.6. The fourth-order valence-corrected chi connectivity index (χ4v) is 3.41. The van der Waals surface area contributed by atoms with Crippen LogP contribution in [0.1, 0.15) is 42.7 Å². The van der Waals surface area contributed by atoms with Gasteiger partial charge in [0.2, 0.25) is 0 Å². The first kappa shape index (κ1) is 15.8. The highest BCUT2D eigenvalue weighted by atomic mass is 32.1. The van der Waals surface area contributed by atoms with E-state index in [4.69, 9.17) is 4.74 Å². The van der Waals surface area contributed by atoms with Crippen molar-refractivity contribution in [1.29, 1.82) is 0 Å².